The minimum absolute atomic E-state index is 0.381. The number of nitrogens with zero attached hydrogens (tertiary/aromatic N) is 3. The van der Waals surface area contributed by atoms with E-state index in [1.54, 1.807) is 35.9 Å². The van der Waals surface area contributed by atoms with E-state index in [-0.39, 0.29) is 0 Å². The second-order valence-electron chi connectivity index (χ2n) is 5.12. The maximum Gasteiger partial charge on any atom is 0.191 e. The Morgan fingerprint density at radius 1 is 1.30 bits per heavy atom. The van der Waals surface area contributed by atoms with Gasteiger partial charge in [-0.3, -0.25) is 4.98 Å². The molecule has 2 rings (SSSR count). The van der Waals surface area contributed by atoms with Gasteiger partial charge in [0.2, 0.25) is 0 Å². The van der Waals surface area contributed by atoms with Gasteiger partial charge in [0.15, 0.2) is 5.96 Å². The van der Waals surface area contributed by atoms with Gasteiger partial charge in [-0.15, -0.1) is 11.3 Å². The van der Waals surface area contributed by atoms with Crippen molar-refractivity contribution in [2.75, 3.05) is 13.1 Å². The van der Waals surface area contributed by atoms with Gasteiger partial charge in [0, 0.05) is 30.4 Å². The van der Waals surface area contributed by atoms with Crippen molar-refractivity contribution in [3.63, 3.8) is 0 Å². The van der Waals surface area contributed by atoms with Crippen LogP contribution in [0.25, 0.3) is 0 Å². The predicted molar refractivity (Wildman–Crippen MR) is 93.6 cm³/mol. The third-order valence-electron chi connectivity index (χ3n) is 3.34. The van der Waals surface area contributed by atoms with E-state index in [1.165, 1.54) is 4.88 Å². The molecular formula is C16H23N5OS. The van der Waals surface area contributed by atoms with Crippen LogP contribution >= 0.6 is 11.3 Å². The number of thiazole rings is 1. The van der Waals surface area contributed by atoms with Crippen LogP contribution in [0.15, 0.2) is 29.5 Å². The number of hydrogen-bond donors (Lipinski definition) is 3. The van der Waals surface area contributed by atoms with Gasteiger partial charge in [-0.05, 0) is 38.5 Å². The van der Waals surface area contributed by atoms with Crippen molar-refractivity contribution in [2.45, 2.75) is 33.4 Å². The number of aliphatic hydroxyl groups is 1. The van der Waals surface area contributed by atoms with E-state index in [1.807, 2.05) is 13.8 Å². The van der Waals surface area contributed by atoms with Crippen molar-refractivity contribution < 1.29 is 5.11 Å². The van der Waals surface area contributed by atoms with Gasteiger partial charge < -0.3 is 15.7 Å². The van der Waals surface area contributed by atoms with Crippen molar-refractivity contribution >= 4 is 17.3 Å². The van der Waals surface area contributed by atoms with Crippen LogP contribution in [0.2, 0.25) is 0 Å². The first-order chi connectivity index (χ1) is 11.1. The van der Waals surface area contributed by atoms with Crippen LogP contribution < -0.4 is 10.6 Å². The second kappa shape index (κ2) is 8.59. The fourth-order valence-corrected chi connectivity index (χ4v) is 2.85. The lowest BCUT2D eigenvalue weighted by molar-refractivity contribution is 0.180. The number of aryl methyl sites for hydroxylation is 2. The van der Waals surface area contributed by atoms with Crippen LogP contribution in [0.1, 0.15) is 34.2 Å². The van der Waals surface area contributed by atoms with Gasteiger partial charge >= 0.3 is 0 Å². The highest BCUT2D eigenvalue weighted by molar-refractivity contribution is 7.11. The number of aliphatic hydroxyl groups excluding tert-OH is 1. The molecule has 0 bridgehead atoms. The van der Waals surface area contributed by atoms with Crippen LogP contribution in [0.4, 0.5) is 0 Å². The van der Waals surface area contributed by atoms with Gasteiger partial charge in [0.25, 0.3) is 0 Å². The summed E-state index contributed by atoms with van der Waals surface area (Å²) in [5, 5.41) is 17.5. The van der Waals surface area contributed by atoms with E-state index in [4.69, 9.17) is 0 Å². The number of nitrogens with one attached hydrogen (secondary N) is 2. The molecule has 0 aromatic carbocycles. The number of guanidine groups is 1. The molecule has 0 radical (unpaired) electrons. The third-order valence-corrected chi connectivity index (χ3v) is 4.40. The molecule has 2 heterocycles. The first-order valence-corrected chi connectivity index (χ1v) is 8.45. The zero-order valence-electron chi connectivity index (χ0n) is 13.7. The molecule has 0 aliphatic heterocycles. The number of rotatable bonds is 6. The average molecular weight is 333 g/mol. The Bertz CT molecular complexity index is 622. The summed E-state index contributed by atoms with van der Waals surface area (Å²) >= 11 is 1.67. The van der Waals surface area contributed by atoms with E-state index < -0.39 is 6.10 Å². The van der Waals surface area contributed by atoms with Crippen LogP contribution in [0, 0.1) is 13.8 Å². The summed E-state index contributed by atoms with van der Waals surface area (Å²) in [5.41, 5.74) is 1.89. The number of aliphatic imine (C=N–C) groups is 1. The molecule has 1 unspecified atom stereocenters. The molecule has 0 spiro atoms. The van der Waals surface area contributed by atoms with Gasteiger partial charge in [0.05, 0.1) is 18.3 Å². The van der Waals surface area contributed by atoms with Gasteiger partial charge in [0.1, 0.15) is 5.01 Å². The van der Waals surface area contributed by atoms with Crippen LogP contribution in [-0.4, -0.2) is 34.1 Å². The minimum Gasteiger partial charge on any atom is -0.387 e. The zero-order chi connectivity index (χ0) is 16.7. The molecule has 0 fully saturated rings. The monoisotopic (exact) mass is 333 g/mol. The van der Waals surface area contributed by atoms with Crippen molar-refractivity contribution in [1.29, 1.82) is 0 Å². The van der Waals surface area contributed by atoms with E-state index in [2.05, 4.69) is 32.5 Å². The Kier molecular flexibility index (Phi) is 6.49. The summed E-state index contributed by atoms with van der Waals surface area (Å²) in [6.07, 6.45) is 2.74. The average Bonchev–Trinajstić information content (AvgIpc) is 2.89. The quantitative estimate of drug-likeness (QED) is 0.556. The summed E-state index contributed by atoms with van der Waals surface area (Å²) in [7, 11) is 0. The lowest BCUT2D eigenvalue weighted by Gasteiger charge is -2.15. The molecule has 23 heavy (non-hydrogen) atoms. The Morgan fingerprint density at radius 3 is 2.65 bits per heavy atom. The molecule has 0 saturated heterocycles. The molecule has 2 aromatic heterocycles. The summed E-state index contributed by atoms with van der Waals surface area (Å²) in [6, 6.07) is 3.61. The Hall–Kier alpha value is -1.99. The maximum absolute atomic E-state index is 10.2. The second-order valence-corrected chi connectivity index (χ2v) is 6.41. The third kappa shape index (κ3) is 5.30. The lowest BCUT2D eigenvalue weighted by Crippen LogP contribution is -2.39. The first kappa shape index (κ1) is 17.4. The molecule has 124 valence electrons. The summed E-state index contributed by atoms with van der Waals surface area (Å²) in [4.78, 5) is 14.2. The molecule has 7 heteroatoms. The van der Waals surface area contributed by atoms with Crippen LogP contribution in [0.3, 0.4) is 0 Å². The largest absolute Gasteiger partial charge is 0.387 e. The van der Waals surface area contributed by atoms with Crippen molar-refractivity contribution in [3.8, 4) is 0 Å². The SMILES string of the molecule is CCNC(=NCc1nc(C)c(C)s1)NCC(O)c1ccncc1. The standard InChI is InChI=1S/C16H23N5OS/c1-4-18-16(20-10-15-21-11(2)12(3)23-15)19-9-14(22)13-5-7-17-8-6-13/h5-8,14,22H,4,9-10H2,1-3H3,(H2,18,19,20). The summed E-state index contributed by atoms with van der Waals surface area (Å²) < 4.78 is 0. The number of pyridine rings is 1. The molecule has 0 aliphatic carbocycles. The molecular weight excluding hydrogens is 310 g/mol. The normalized spacial score (nSPS) is 13.0. The maximum atomic E-state index is 10.2. The molecule has 3 N–H and O–H groups in total. The Morgan fingerprint density at radius 2 is 2.04 bits per heavy atom. The fraction of sp³-hybridized carbons (Fsp3) is 0.438. The zero-order valence-corrected chi connectivity index (χ0v) is 14.5. The molecule has 0 saturated carbocycles. The fourth-order valence-electron chi connectivity index (χ4n) is 1.99. The molecule has 0 amide bonds. The number of hydrogen-bond acceptors (Lipinski definition) is 5. The van der Waals surface area contributed by atoms with Gasteiger partial charge in [-0.1, -0.05) is 0 Å². The summed E-state index contributed by atoms with van der Waals surface area (Å²) in [6.45, 7) is 7.75. The van der Waals surface area contributed by atoms with E-state index >= 15 is 0 Å². The van der Waals surface area contributed by atoms with Crippen molar-refractivity contribution in [3.05, 3.63) is 45.7 Å². The first-order valence-electron chi connectivity index (χ1n) is 7.63. The molecule has 1 atom stereocenters. The van der Waals surface area contributed by atoms with Crippen LogP contribution in [0.5, 0.6) is 0 Å². The highest BCUT2D eigenvalue weighted by atomic mass is 32.1. The minimum atomic E-state index is -0.605. The molecule has 2 aromatic rings. The van der Waals surface area contributed by atoms with Crippen LogP contribution in [-0.2, 0) is 6.54 Å². The van der Waals surface area contributed by atoms with Gasteiger partial charge in [-0.25, -0.2) is 9.98 Å². The van der Waals surface area contributed by atoms with E-state index in [0.29, 0.717) is 19.0 Å². The van der Waals surface area contributed by atoms with Crippen molar-refractivity contribution in [1.82, 2.24) is 20.6 Å². The Balaban J connectivity index is 1.93. The predicted octanol–water partition coefficient (Wildman–Crippen LogP) is 1.94. The lowest BCUT2D eigenvalue weighted by atomic mass is 10.1. The van der Waals surface area contributed by atoms with E-state index in [0.717, 1.165) is 22.8 Å². The molecule has 0 aliphatic rings. The smallest absolute Gasteiger partial charge is 0.191 e. The highest BCUT2D eigenvalue weighted by Crippen LogP contribution is 2.17. The number of aromatic nitrogens is 2. The highest BCUT2D eigenvalue weighted by Gasteiger charge is 2.08. The van der Waals surface area contributed by atoms with Gasteiger partial charge in [-0.2, -0.15) is 0 Å². The van der Waals surface area contributed by atoms with E-state index in [9.17, 15) is 5.11 Å². The topological polar surface area (TPSA) is 82.4 Å². The summed E-state index contributed by atoms with van der Waals surface area (Å²) in [5.74, 6) is 0.672. The Labute approximate surface area is 140 Å². The molecule has 6 nitrogen and oxygen atoms in total. The van der Waals surface area contributed by atoms with Crippen molar-refractivity contribution in [2.24, 2.45) is 4.99 Å².